The largest absolute Gasteiger partial charge is 0.411 e. The van der Waals surface area contributed by atoms with Crippen molar-refractivity contribution in [1.29, 1.82) is 0 Å². The van der Waals surface area contributed by atoms with Crippen LogP contribution in [-0.4, -0.2) is 33.0 Å². The fourth-order valence-electron chi connectivity index (χ4n) is 1.40. The van der Waals surface area contributed by atoms with E-state index in [1.807, 2.05) is 7.05 Å². The third kappa shape index (κ3) is 10.0. The summed E-state index contributed by atoms with van der Waals surface area (Å²) in [5.41, 5.74) is 0. The summed E-state index contributed by atoms with van der Waals surface area (Å²) in [7, 11) is 1.88. The summed E-state index contributed by atoms with van der Waals surface area (Å²) in [6, 6.07) is 0. The Morgan fingerprint density at radius 3 is 2.47 bits per heavy atom. The second kappa shape index (κ2) is 7.93. The van der Waals surface area contributed by atoms with Crippen LogP contribution >= 0.6 is 0 Å². The Hall–Kier alpha value is -0.290. The number of rotatable bonds is 8. The lowest BCUT2D eigenvalue weighted by atomic mass is 10.0. The average Bonchev–Trinajstić information content (AvgIpc) is 2.14. The SMILES string of the molecule is CCC(CCCOCC(F)(F)F)CNC. The van der Waals surface area contributed by atoms with Gasteiger partial charge in [0, 0.05) is 6.61 Å². The van der Waals surface area contributed by atoms with Gasteiger partial charge in [0.25, 0.3) is 0 Å². The molecule has 2 nitrogen and oxygen atoms in total. The summed E-state index contributed by atoms with van der Waals surface area (Å²) in [5, 5.41) is 3.06. The van der Waals surface area contributed by atoms with Crippen LogP contribution in [0.4, 0.5) is 13.2 Å². The van der Waals surface area contributed by atoms with Crippen molar-refractivity contribution < 1.29 is 17.9 Å². The average molecular weight is 227 g/mol. The normalized spacial score (nSPS) is 14.2. The van der Waals surface area contributed by atoms with Crippen LogP contribution in [0.3, 0.4) is 0 Å². The second-order valence-corrected chi connectivity index (χ2v) is 3.64. The second-order valence-electron chi connectivity index (χ2n) is 3.64. The molecule has 1 atom stereocenters. The van der Waals surface area contributed by atoms with Crippen molar-refractivity contribution in [2.75, 3.05) is 26.8 Å². The number of hydrogen-bond acceptors (Lipinski definition) is 2. The molecule has 0 fully saturated rings. The number of hydrogen-bond donors (Lipinski definition) is 1. The molecule has 0 heterocycles. The lowest BCUT2D eigenvalue weighted by Crippen LogP contribution is -2.20. The maximum absolute atomic E-state index is 11.7. The van der Waals surface area contributed by atoms with Gasteiger partial charge in [-0.3, -0.25) is 0 Å². The third-order valence-electron chi connectivity index (χ3n) is 2.24. The summed E-state index contributed by atoms with van der Waals surface area (Å²) in [5.74, 6) is 0.532. The van der Waals surface area contributed by atoms with Crippen LogP contribution < -0.4 is 5.32 Å². The highest BCUT2D eigenvalue weighted by Crippen LogP contribution is 2.15. The van der Waals surface area contributed by atoms with Gasteiger partial charge in [0.05, 0.1) is 0 Å². The minimum atomic E-state index is -4.20. The molecular formula is C10H20F3NO. The molecule has 0 saturated heterocycles. The van der Waals surface area contributed by atoms with Gasteiger partial charge >= 0.3 is 6.18 Å². The van der Waals surface area contributed by atoms with Crippen LogP contribution in [0, 0.1) is 5.92 Å². The minimum Gasteiger partial charge on any atom is -0.372 e. The van der Waals surface area contributed by atoms with Crippen LogP contribution in [-0.2, 0) is 4.74 Å². The molecule has 0 bridgehead atoms. The van der Waals surface area contributed by atoms with E-state index in [0.717, 1.165) is 19.4 Å². The van der Waals surface area contributed by atoms with E-state index in [1.165, 1.54) is 0 Å². The molecule has 0 aromatic heterocycles. The monoisotopic (exact) mass is 227 g/mol. The van der Waals surface area contributed by atoms with E-state index in [4.69, 9.17) is 0 Å². The number of nitrogens with one attached hydrogen (secondary N) is 1. The highest BCUT2D eigenvalue weighted by molar-refractivity contribution is 4.59. The molecule has 15 heavy (non-hydrogen) atoms. The van der Waals surface area contributed by atoms with Crippen molar-refractivity contribution in [3.63, 3.8) is 0 Å². The number of halogens is 3. The van der Waals surface area contributed by atoms with Gasteiger partial charge in [0.15, 0.2) is 0 Å². The van der Waals surface area contributed by atoms with E-state index in [0.29, 0.717) is 12.3 Å². The Balaban J connectivity index is 3.36. The first-order valence-corrected chi connectivity index (χ1v) is 5.28. The summed E-state index contributed by atoms with van der Waals surface area (Å²) >= 11 is 0. The van der Waals surface area contributed by atoms with E-state index in [2.05, 4.69) is 17.0 Å². The third-order valence-corrected chi connectivity index (χ3v) is 2.24. The smallest absolute Gasteiger partial charge is 0.372 e. The summed E-state index contributed by atoms with van der Waals surface area (Å²) in [6.07, 6.45) is -1.55. The molecule has 0 saturated carbocycles. The zero-order valence-electron chi connectivity index (χ0n) is 9.36. The summed E-state index contributed by atoms with van der Waals surface area (Å²) < 4.78 is 39.6. The summed E-state index contributed by atoms with van der Waals surface area (Å²) in [6.45, 7) is 2.06. The Kier molecular flexibility index (Phi) is 7.78. The van der Waals surface area contributed by atoms with Crippen molar-refractivity contribution in [3.05, 3.63) is 0 Å². The van der Waals surface area contributed by atoms with Crippen LogP contribution in [0.2, 0.25) is 0 Å². The maximum Gasteiger partial charge on any atom is 0.411 e. The molecule has 1 unspecified atom stereocenters. The molecule has 1 N–H and O–H groups in total. The predicted octanol–water partition coefficient (Wildman–Crippen LogP) is 2.59. The van der Waals surface area contributed by atoms with Crippen LogP contribution in [0.1, 0.15) is 26.2 Å². The Bertz CT molecular complexity index is 150. The van der Waals surface area contributed by atoms with E-state index < -0.39 is 12.8 Å². The lowest BCUT2D eigenvalue weighted by Gasteiger charge is -2.14. The summed E-state index contributed by atoms with van der Waals surface area (Å²) in [4.78, 5) is 0. The van der Waals surface area contributed by atoms with Gasteiger partial charge in [0.2, 0.25) is 0 Å². The molecule has 0 aliphatic carbocycles. The van der Waals surface area contributed by atoms with Gasteiger partial charge in [-0.15, -0.1) is 0 Å². The van der Waals surface area contributed by atoms with Gasteiger partial charge in [-0.05, 0) is 32.4 Å². The minimum absolute atomic E-state index is 0.194. The van der Waals surface area contributed by atoms with E-state index >= 15 is 0 Å². The molecule has 0 aliphatic heterocycles. The fraction of sp³-hybridized carbons (Fsp3) is 1.00. The molecular weight excluding hydrogens is 207 g/mol. The van der Waals surface area contributed by atoms with Crippen LogP contribution in [0.15, 0.2) is 0 Å². The first-order chi connectivity index (χ1) is 6.99. The topological polar surface area (TPSA) is 21.3 Å². The van der Waals surface area contributed by atoms with Crippen molar-refractivity contribution >= 4 is 0 Å². The quantitative estimate of drug-likeness (QED) is 0.643. The molecule has 92 valence electrons. The molecule has 0 aliphatic rings. The number of alkyl halides is 3. The molecule has 0 spiro atoms. The van der Waals surface area contributed by atoms with E-state index in [1.54, 1.807) is 0 Å². The van der Waals surface area contributed by atoms with E-state index in [9.17, 15) is 13.2 Å². The van der Waals surface area contributed by atoms with Crippen molar-refractivity contribution in [2.45, 2.75) is 32.4 Å². The Labute approximate surface area is 89.2 Å². The Morgan fingerprint density at radius 1 is 1.33 bits per heavy atom. The van der Waals surface area contributed by atoms with Crippen LogP contribution in [0.25, 0.3) is 0 Å². The number of ether oxygens (including phenoxy) is 1. The zero-order chi connectivity index (χ0) is 11.7. The van der Waals surface area contributed by atoms with Gasteiger partial charge in [-0.25, -0.2) is 0 Å². The molecule has 5 heteroatoms. The molecule has 0 rings (SSSR count). The first kappa shape index (κ1) is 14.7. The van der Waals surface area contributed by atoms with Gasteiger partial charge in [0.1, 0.15) is 6.61 Å². The molecule has 0 radical (unpaired) electrons. The molecule has 0 amide bonds. The van der Waals surface area contributed by atoms with Gasteiger partial charge in [-0.1, -0.05) is 13.3 Å². The standard InChI is InChI=1S/C10H20F3NO/c1-3-9(7-14-2)5-4-6-15-8-10(11,12)13/h9,14H,3-8H2,1-2H3. The van der Waals surface area contributed by atoms with Gasteiger partial charge in [-0.2, -0.15) is 13.2 Å². The van der Waals surface area contributed by atoms with Crippen LogP contribution in [0.5, 0.6) is 0 Å². The Morgan fingerprint density at radius 2 is 2.00 bits per heavy atom. The zero-order valence-corrected chi connectivity index (χ0v) is 9.36. The molecule has 0 aromatic carbocycles. The fourth-order valence-corrected chi connectivity index (χ4v) is 1.40. The highest BCUT2D eigenvalue weighted by Gasteiger charge is 2.27. The first-order valence-electron chi connectivity index (χ1n) is 5.28. The van der Waals surface area contributed by atoms with Crippen molar-refractivity contribution in [3.8, 4) is 0 Å². The molecule has 0 aromatic rings. The maximum atomic E-state index is 11.7. The predicted molar refractivity (Wildman–Crippen MR) is 53.8 cm³/mol. The lowest BCUT2D eigenvalue weighted by molar-refractivity contribution is -0.174. The highest BCUT2D eigenvalue weighted by atomic mass is 19.4. The van der Waals surface area contributed by atoms with E-state index in [-0.39, 0.29) is 6.61 Å². The van der Waals surface area contributed by atoms with Crippen molar-refractivity contribution in [2.24, 2.45) is 5.92 Å². The van der Waals surface area contributed by atoms with Crippen molar-refractivity contribution in [1.82, 2.24) is 5.32 Å². The van der Waals surface area contributed by atoms with Gasteiger partial charge < -0.3 is 10.1 Å².